The SMILES string of the molecule is COCCN1CCC(=O)N2CCCCC2C1=O. The van der Waals surface area contributed by atoms with E-state index < -0.39 is 0 Å². The summed E-state index contributed by atoms with van der Waals surface area (Å²) in [5.41, 5.74) is 0. The Hall–Kier alpha value is -1.10. The molecule has 2 fully saturated rings. The van der Waals surface area contributed by atoms with Gasteiger partial charge in [-0.1, -0.05) is 0 Å². The van der Waals surface area contributed by atoms with Crippen molar-refractivity contribution in [3.05, 3.63) is 0 Å². The Morgan fingerprint density at radius 2 is 2.12 bits per heavy atom. The molecular weight excluding hydrogens is 220 g/mol. The van der Waals surface area contributed by atoms with Crippen molar-refractivity contribution in [1.29, 1.82) is 0 Å². The van der Waals surface area contributed by atoms with Gasteiger partial charge in [0.05, 0.1) is 6.61 Å². The highest BCUT2D eigenvalue weighted by Gasteiger charge is 2.37. The van der Waals surface area contributed by atoms with Gasteiger partial charge < -0.3 is 14.5 Å². The first-order chi connectivity index (χ1) is 8.24. The lowest BCUT2D eigenvalue weighted by Crippen LogP contribution is -2.50. The Balaban J connectivity index is 2.08. The molecule has 2 aliphatic heterocycles. The third-order valence-electron chi connectivity index (χ3n) is 3.58. The van der Waals surface area contributed by atoms with Crippen LogP contribution in [-0.2, 0) is 14.3 Å². The van der Waals surface area contributed by atoms with Crippen molar-refractivity contribution < 1.29 is 14.3 Å². The Labute approximate surface area is 102 Å². The maximum Gasteiger partial charge on any atom is 0.245 e. The minimum absolute atomic E-state index is 0.104. The van der Waals surface area contributed by atoms with E-state index in [-0.39, 0.29) is 17.9 Å². The van der Waals surface area contributed by atoms with E-state index in [1.54, 1.807) is 16.9 Å². The maximum atomic E-state index is 12.3. The third-order valence-corrected chi connectivity index (χ3v) is 3.58. The quantitative estimate of drug-likeness (QED) is 0.710. The molecule has 0 spiro atoms. The number of ether oxygens (including phenoxy) is 1. The fourth-order valence-electron chi connectivity index (χ4n) is 2.61. The number of nitrogens with zero attached hydrogens (tertiary/aromatic N) is 2. The van der Waals surface area contributed by atoms with Gasteiger partial charge in [-0.05, 0) is 19.3 Å². The van der Waals surface area contributed by atoms with Gasteiger partial charge in [-0.2, -0.15) is 0 Å². The lowest BCUT2D eigenvalue weighted by molar-refractivity contribution is -0.143. The standard InChI is InChI=1S/C12H20N2O3/c1-17-9-8-13-7-5-11(15)14-6-3-2-4-10(14)12(13)16/h10H,2-9H2,1H3. The summed E-state index contributed by atoms with van der Waals surface area (Å²) in [4.78, 5) is 27.8. The van der Waals surface area contributed by atoms with E-state index in [0.29, 0.717) is 26.1 Å². The second-order valence-electron chi connectivity index (χ2n) is 4.67. The van der Waals surface area contributed by atoms with Crippen LogP contribution in [0.4, 0.5) is 0 Å². The van der Waals surface area contributed by atoms with Crippen molar-refractivity contribution in [2.24, 2.45) is 0 Å². The minimum Gasteiger partial charge on any atom is -0.383 e. The Morgan fingerprint density at radius 3 is 2.88 bits per heavy atom. The first-order valence-electron chi connectivity index (χ1n) is 6.31. The smallest absolute Gasteiger partial charge is 0.245 e. The average molecular weight is 240 g/mol. The van der Waals surface area contributed by atoms with Crippen LogP contribution in [0.25, 0.3) is 0 Å². The molecule has 1 atom stereocenters. The zero-order chi connectivity index (χ0) is 12.3. The monoisotopic (exact) mass is 240 g/mol. The van der Waals surface area contributed by atoms with Crippen LogP contribution in [0, 0.1) is 0 Å². The number of carbonyl (C=O) groups is 2. The average Bonchev–Trinajstić information content (AvgIpc) is 2.48. The molecule has 96 valence electrons. The van der Waals surface area contributed by atoms with Crippen molar-refractivity contribution in [3.63, 3.8) is 0 Å². The number of methoxy groups -OCH3 is 1. The first kappa shape index (κ1) is 12.4. The van der Waals surface area contributed by atoms with E-state index >= 15 is 0 Å². The highest BCUT2D eigenvalue weighted by atomic mass is 16.5. The van der Waals surface area contributed by atoms with Crippen LogP contribution in [0.2, 0.25) is 0 Å². The van der Waals surface area contributed by atoms with Gasteiger partial charge in [-0.25, -0.2) is 0 Å². The second-order valence-corrected chi connectivity index (χ2v) is 4.67. The van der Waals surface area contributed by atoms with Crippen molar-refractivity contribution in [2.75, 3.05) is 33.4 Å². The van der Waals surface area contributed by atoms with Crippen LogP contribution in [-0.4, -0.2) is 61.0 Å². The molecule has 2 saturated heterocycles. The van der Waals surface area contributed by atoms with Crippen LogP contribution < -0.4 is 0 Å². The minimum atomic E-state index is -0.212. The van der Waals surface area contributed by atoms with Gasteiger partial charge in [0.1, 0.15) is 6.04 Å². The molecule has 5 nitrogen and oxygen atoms in total. The summed E-state index contributed by atoms with van der Waals surface area (Å²) in [6.07, 6.45) is 3.33. The number of hydrogen-bond donors (Lipinski definition) is 0. The van der Waals surface area contributed by atoms with Crippen molar-refractivity contribution in [3.8, 4) is 0 Å². The van der Waals surface area contributed by atoms with E-state index in [1.165, 1.54) is 0 Å². The highest BCUT2D eigenvalue weighted by Crippen LogP contribution is 2.22. The van der Waals surface area contributed by atoms with Crippen molar-refractivity contribution in [2.45, 2.75) is 31.7 Å². The molecule has 5 heteroatoms. The molecule has 2 aliphatic rings. The summed E-state index contributed by atoms with van der Waals surface area (Å²) in [5, 5.41) is 0. The molecule has 2 amide bonds. The van der Waals surface area contributed by atoms with Gasteiger partial charge in [-0.15, -0.1) is 0 Å². The van der Waals surface area contributed by atoms with Crippen LogP contribution in [0.5, 0.6) is 0 Å². The van der Waals surface area contributed by atoms with Crippen LogP contribution in [0.3, 0.4) is 0 Å². The van der Waals surface area contributed by atoms with Crippen molar-refractivity contribution in [1.82, 2.24) is 9.80 Å². The van der Waals surface area contributed by atoms with E-state index in [2.05, 4.69) is 0 Å². The Kier molecular flexibility index (Phi) is 3.99. The highest BCUT2D eigenvalue weighted by molar-refractivity contribution is 5.90. The van der Waals surface area contributed by atoms with Crippen LogP contribution in [0.15, 0.2) is 0 Å². The largest absolute Gasteiger partial charge is 0.383 e. The van der Waals surface area contributed by atoms with Gasteiger partial charge in [-0.3, -0.25) is 9.59 Å². The lowest BCUT2D eigenvalue weighted by atomic mass is 10.0. The van der Waals surface area contributed by atoms with E-state index in [0.717, 1.165) is 25.8 Å². The molecule has 2 rings (SSSR count). The predicted octanol–water partition coefficient (Wildman–Crippen LogP) is 0.246. The Morgan fingerprint density at radius 1 is 1.29 bits per heavy atom. The summed E-state index contributed by atoms with van der Waals surface area (Å²) in [6.45, 7) is 2.40. The van der Waals surface area contributed by atoms with E-state index in [4.69, 9.17) is 4.74 Å². The maximum absolute atomic E-state index is 12.3. The molecule has 2 heterocycles. The predicted molar refractivity (Wildman–Crippen MR) is 62.4 cm³/mol. The van der Waals surface area contributed by atoms with Gasteiger partial charge in [0.2, 0.25) is 11.8 Å². The number of amides is 2. The topological polar surface area (TPSA) is 49.9 Å². The van der Waals surface area contributed by atoms with Crippen LogP contribution in [0.1, 0.15) is 25.7 Å². The summed E-state index contributed by atoms with van der Waals surface area (Å²) in [5.74, 6) is 0.232. The molecule has 0 saturated carbocycles. The molecule has 0 N–H and O–H groups in total. The first-order valence-corrected chi connectivity index (χ1v) is 6.31. The Bertz CT molecular complexity index is 306. The van der Waals surface area contributed by atoms with Gasteiger partial charge in [0.15, 0.2) is 0 Å². The van der Waals surface area contributed by atoms with Gasteiger partial charge in [0, 0.05) is 33.2 Å². The zero-order valence-electron chi connectivity index (χ0n) is 10.4. The molecular formula is C12H20N2O3. The van der Waals surface area contributed by atoms with E-state index in [9.17, 15) is 9.59 Å². The van der Waals surface area contributed by atoms with Gasteiger partial charge >= 0.3 is 0 Å². The number of fused-ring (bicyclic) bond motifs is 1. The second kappa shape index (κ2) is 5.49. The van der Waals surface area contributed by atoms with E-state index in [1.807, 2.05) is 0 Å². The van der Waals surface area contributed by atoms with Crippen LogP contribution >= 0.6 is 0 Å². The molecule has 0 aromatic rings. The molecule has 1 unspecified atom stereocenters. The third kappa shape index (κ3) is 2.60. The number of hydrogen-bond acceptors (Lipinski definition) is 3. The normalized spacial score (nSPS) is 25.8. The fourth-order valence-corrected chi connectivity index (χ4v) is 2.61. The summed E-state index contributed by atoms with van der Waals surface area (Å²) in [6, 6.07) is -0.212. The summed E-state index contributed by atoms with van der Waals surface area (Å²) in [7, 11) is 1.63. The fraction of sp³-hybridized carbons (Fsp3) is 0.833. The lowest BCUT2D eigenvalue weighted by Gasteiger charge is -2.34. The number of carbonyl (C=O) groups excluding carboxylic acids is 2. The molecule has 0 bridgehead atoms. The summed E-state index contributed by atoms with van der Waals surface area (Å²) < 4.78 is 5.00. The molecule has 0 radical (unpaired) electrons. The summed E-state index contributed by atoms with van der Waals surface area (Å²) >= 11 is 0. The molecule has 0 aromatic carbocycles. The number of rotatable bonds is 3. The molecule has 0 aliphatic carbocycles. The van der Waals surface area contributed by atoms with Gasteiger partial charge in [0.25, 0.3) is 0 Å². The number of piperidine rings is 1. The zero-order valence-corrected chi connectivity index (χ0v) is 10.4. The molecule has 0 aromatic heterocycles. The molecule has 17 heavy (non-hydrogen) atoms. The van der Waals surface area contributed by atoms with Crippen molar-refractivity contribution >= 4 is 11.8 Å².